The van der Waals surface area contributed by atoms with Crippen molar-refractivity contribution < 1.29 is 0 Å². The van der Waals surface area contributed by atoms with E-state index in [-0.39, 0.29) is 11.6 Å². The minimum absolute atomic E-state index is 0.278. The molecule has 0 bridgehead atoms. The van der Waals surface area contributed by atoms with Gasteiger partial charge in [-0.2, -0.15) is 5.10 Å². The molecule has 0 fully saturated rings. The van der Waals surface area contributed by atoms with Crippen LogP contribution in [0.3, 0.4) is 0 Å². The lowest BCUT2D eigenvalue weighted by Gasteiger charge is -2.19. The van der Waals surface area contributed by atoms with Crippen LogP contribution in [-0.4, -0.2) is 29.7 Å². The normalized spacial score (nSPS) is 12.5. The van der Waals surface area contributed by atoms with E-state index in [9.17, 15) is 4.79 Å². The molecule has 10 heteroatoms. The fourth-order valence-corrected chi connectivity index (χ4v) is 4.25. The molecule has 0 saturated carbocycles. The first-order valence-electron chi connectivity index (χ1n) is 8.79. The van der Waals surface area contributed by atoms with Crippen molar-refractivity contribution in [3.63, 3.8) is 0 Å². The summed E-state index contributed by atoms with van der Waals surface area (Å²) in [5.41, 5.74) is 0.251. The Balaban J connectivity index is 1.70. The summed E-state index contributed by atoms with van der Waals surface area (Å²) in [6.07, 6.45) is 3.17. The smallest absolute Gasteiger partial charge is 0.268 e. The van der Waals surface area contributed by atoms with Crippen LogP contribution in [0.1, 0.15) is 18.8 Å². The van der Waals surface area contributed by atoms with Crippen molar-refractivity contribution in [2.75, 3.05) is 5.32 Å². The Morgan fingerprint density at radius 1 is 1.24 bits per heavy atom. The van der Waals surface area contributed by atoms with Crippen LogP contribution in [0.5, 0.6) is 0 Å². The topological polar surface area (TPSA) is 101 Å². The van der Waals surface area contributed by atoms with E-state index in [0.29, 0.717) is 33.4 Å². The van der Waals surface area contributed by atoms with Gasteiger partial charge in [0.15, 0.2) is 5.82 Å². The molecule has 144 valence electrons. The van der Waals surface area contributed by atoms with Crippen LogP contribution >= 0.6 is 22.9 Å². The lowest BCUT2D eigenvalue weighted by molar-refractivity contribution is 0.720. The second-order valence-corrected chi connectivity index (χ2v) is 7.71. The lowest BCUT2D eigenvalue weighted by Crippen LogP contribution is -2.28. The second-order valence-electron chi connectivity index (χ2n) is 6.40. The number of aromatic amines is 1. The summed E-state index contributed by atoms with van der Waals surface area (Å²) in [6.45, 7) is 1.92. The Kier molecular flexibility index (Phi) is 4.26. The van der Waals surface area contributed by atoms with Gasteiger partial charge in [0.05, 0.1) is 27.4 Å². The molecule has 0 spiro atoms. The third-order valence-electron chi connectivity index (χ3n) is 4.59. The number of aromatic nitrogens is 6. The Morgan fingerprint density at radius 3 is 2.97 bits per heavy atom. The molecule has 0 aliphatic rings. The van der Waals surface area contributed by atoms with Crippen molar-refractivity contribution in [2.45, 2.75) is 13.0 Å². The molecule has 0 saturated heterocycles. The number of benzene rings is 1. The van der Waals surface area contributed by atoms with Crippen molar-refractivity contribution in [3.05, 3.63) is 69.4 Å². The number of anilines is 1. The molecule has 29 heavy (non-hydrogen) atoms. The minimum Gasteiger partial charge on any atom is -0.360 e. The number of rotatable bonds is 4. The van der Waals surface area contributed by atoms with Crippen LogP contribution < -0.4 is 10.9 Å². The highest BCUT2D eigenvalue weighted by Crippen LogP contribution is 2.28. The predicted octanol–water partition coefficient (Wildman–Crippen LogP) is 3.94. The summed E-state index contributed by atoms with van der Waals surface area (Å²) in [4.78, 5) is 27.6. The van der Waals surface area contributed by atoms with E-state index >= 15 is 0 Å². The van der Waals surface area contributed by atoms with Crippen molar-refractivity contribution >= 4 is 49.9 Å². The third kappa shape index (κ3) is 2.95. The zero-order valence-corrected chi connectivity index (χ0v) is 16.7. The molecule has 0 radical (unpaired) electrons. The van der Waals surface area contributed by atoms with Crippen LogP contribution in [0.25, 0.3) is 26.9 Å². The second kappa shape index (κ2) is 6.94. The average molecular weight is 424 g/mol. The Hall–Kier alpha value is -3.30. The minimum atomic E-state index is -0.346. The van der Waals surface area contributed by atoms with Gasteiger partial charge in [0.2, 0.25) is 0 Å². The van der Waals surface area contributed by atoms with Gasteiger partial charge in [-0.25, -0.2) is 19.5 Å². The number of hydrogen-bond donors (Lipinski definition) is 2. The molecule has 8 nitrogen and oxygen atoms in total. The van der Waals surface area contributed by atoms with Crippen LogP contribution in [0.2, 0.25) is 5.02 Å². The Labute approximate surface area is 173 Å². The number of nitrogens with one attached hydrogen (secondary N) is 2. The molecule has 5 rings (SSSR count). The highest BCUT2D eigenvalue weighted by molar-refractivity contribution is 7.16. The predicted molar refractivity (Wildman–Crippen MR) is 114 cm³/mol. The fourth-order valence-electron chi connectivity index (χ4n) is 3.27. The SMILES string of the molecule is C[C@H](Nc1ncnc2sccc12)c1nc2cccc(Cl)c2c(=O)n1-c1cc[nH]n1. The molecule has 0 aliphatic carbocycles. The molecule has 0 amide bonds. The van der Waals surface area contributed by atoms with Crippen LogP contribution in [0, 0.1) is 0 Å². The monoisotopic (exact) mass is 423 g/mol. The van der Waals surface area contributed by atoms with E-state index < -0.39 is 0 Å². The van der Waals surface area contributed by atoms with E-state index in [4.69, 9.17) is 16.6 Å². The number of nitrogens with zero attached hydrogens (tertiary/aromatic N) is 5. The molecule has 1 atom stereocenters. The summed E-state index contributed by atoms with van der Waals surface area (Å²) >= 11 is 7.84. The standard InChI is InChI=1S/C19H14ClN7OS/c1-10(24-16-11-6-8-29-18(11)22-9-21-16)17-25-13-4-2-3-12(20)15(13)19(28)27(17)14-5-7-23-26-14/h2-10H,1H3,(H,23,26)(H,21,22,24)/t10-/m0/s1. The molecular weight excluding hydrogens is 410 g/mol. The molecule has 0 aliphatic heterocycles. The summed E-state index contributed by atoms with van der Waals surface area (Å²) in [7, 11) is 0. The van der Waals surface area contributed by atoms with E-state index in [1.807, 2.05) is 18.4 Å². The van der Waals surface area contributed by atoms with Crippen LogP contribution in [0.4, 0.5) is 5.82 Å². The number of thiophene rings is 1. The summed E-state index contributed by atoms with van der Waals surface area (Å²) in [5, 5.41) is 13.9. The molecule has 2 N–H and O–H groups in total. The van der Waals surface area contributed by atoms with Gasteiger partial charge in [0.25, 0.3) is 5.56 Å². The maximum atomic E-state index is 13.3. The van der Waals surface area contributed by atoms with Gasteiger partial charge in [-0.05, 0) is 30.5 Å². The molecule has 4 heterocycles. The van der Waals surface area contributed by atoms with E-state index in [2.05, 4.69) is 25.5 Å². The number of fused-ring (bicyclic) bond motifs is 2. The first kappa shape index (κ1) is 17.8. The lowest BCUT2D eigenvalue weighted by atomic mass is 10.2. The maximum absolute atomic E-state index is 13.3. The molecule has 5 aromatic rings. The first-order chi connectivity index (χ1) is 14.1. The summed E-state index contributed by atoms with van der Waals surface area (Å²) in [5.74, 6) is 1.62. The highest BCUT2D eigenvalue weighted by atomic mass is 35.5. The average Bonchev–Trinajstić information content (AvgIpc) is 3.40. The molecule has 4 aromatic heterocycles. The summed E-state index contributed by atoms with van der Waals surface area (Å²) in [6, 6.07) is 8.55. The van der Waals surface area contributed by atoms with Gasteiger partial charge in [-0.1, -0.05) is 17.7 Å². The fraction of sp³-hybridized carbons (Fsp3) is 0.105. The van der Waals surface area contributed by atoms with Crippen LogP contribution in [-0.2, 0) is 0 Å². The molecule has 1 aromatic carbocycles. The third-order valence-corrected chi connectivity index (χ3v) is 5.73. The highest BCUT2D eigenvalue weighted by Gasteiger charge is 2.21. The largest absolute Gasteiger partial charge is 0.360 e. The molecular formula is C19H14ClN7OS. The number of halogens is 1. The van der Waals surface area contributed by atoms with Crippen molar-refractivity contribution in [2.24, 2.45) is 0 Å². The van der Waals surface area contributed by atoms with E-state index in [1.54, 1.807) is 41.8 Å². The molecule has 0 unspecified atom stereocenters. The maximum Gasteiger partial charge on any atom is 0.268 e. The Bertz CT molecular complexity index is 1390. The van der Waals surface area contributed by atoms with Gasteiger partial charge >= 0.3 is 0 Å². The van der Waals surface area contributed by atoms with E-state index in [1.165, 1.54) is 10.9 Å². The number of hydrogen-bond acceptors (Lipinski definition) is 7. The van der Waals surface area contributed by atoms with Crippen molar-refractivity contribution in [1.82, 2.24) is 29.7 Å². The van der Waals surface area contributed by atoms with Gasteiger partial charge < -0.3 is 5.32 Å². The zero-order chi connectivity index (χ0) is 20.0. The van der Waals surface area contributed by atoms with Crippen molar-refractivity contribution in [1.29, 1.82) is 0 Å². The van der Waals surface area contributed by atoms with Gasteiger partial charge in [-0.15, -0.1) is 11.3 Å². The summed E-state index contributed by atoms with van der Waals surface area (Å²) < 4.78 is 1.47. The quantitative estimate of drug-likeness (QED) is 0.454. The number of H-pyrrole nitrogens is 1. The van der Waals surface area contributed by atoms with Crippen LogP contribution in [0.15, 0.2) is 53.0 Å². The zero-order valence-electron chi connectivity index (χ0n) is 15.1. The van der Waals surface area contributed by atoms with Gasteiger partial charge in [-0.3, -0.25) is 9.89 Å². The van der Waals surface area contributed by atoms with Gasteiger partial charge in [0, 0.05) is 12.3 Å². The Morgan fingerprint density at radius 2 is 2.14 bits per heavy atom. The first-order valence-corrected chi connectivity index (χ1v) is 10.1. The van der Waals surface area contributed by atoms with Crippen molar-refractivity contribution in [3.8, 4) is 5.82 Å². The van der Waals surface area contributed by atoms with Gasteiger partial charge in [0.1, 0.15) is 22.8 Å². The van der Waals surface area contributed by atoms with E-state index in [0.717, 1.165) is 10.2 Å².